The van der Waals surface area contributed by atoms with E-state index in [1.165, 1.54) is 0 Å². The van der Waals surface area contributed by atoms with Crippen molar-refractivity contribution in [2.45, 2.75) is 76.6 Å². The monoisotopic (exact) mass is 465 g/mol. The van der Waals surface area contributed by atoms with Gasteiger partial charge in [0.2, 0.25) is 11.8 Å². The van der Waals surface area contributed by atoms with E-state index in [0.29, 0.717) is 19.4 Å². The van der Waals surface area contributed by atoms with Crippen molar-refractivity contribution in [3.8, 4) is 0 Å². The van der Waals surface area contributed by atoms with Crippen LogP contribution in [0.15, 0.2) is 60.7 Å². The second-order valence-electron chi connectivity index (χ2n) is 9.84. The van der Waals surface area contributed by atoms with E-state index in [1.807, 2.05) is 60.7 Å². The molecule has 0 aromatic heterocycles. The minimum atomic E-state index is -0.990. The van der Waals surface area contributed by atoms with Gasteiger partial charge in [-0.05, 0) is 44.7 Å². The molecule has 2 aromatic carbocycles. The van der Waals surface area contributed by atoms with E-state index in [4.69, 9.17) is 4.74 Å². The highest BCUT2D eigenvalue weighted by Crippen LogP contribution is 2.30. The summed E-state index contributed by atoms with van der Waals surface area (Å²) in [5.74, 6) is -0.593. The Bertz CT molecular complexity index is 964. The number of nitrogens with one attached hydrogen (secondary N) is 3. The summed E-state index contributed by atoms with van der Waals surface area (Å²) in [7, 11) is 0. The Labute approximate surface area is 201 Å². The van der Waals surface area contributed by atoms with Crippen LogP contribution in [0.3, 0.4) is 0 Å². The summed E-state index contributed by atoms with van der Waals surface area (Å²) in [5, 5.41) is 8.68. The molecule has 0 bridgehead atoms. The maximum atomic E-state index is 13.4. The van der Waals surface area contributed by atoms with E-state index in [-0.39, 0.29) is 12.3 Å². The fourth-order valence-corrected chi connectivity index (χ4v) is 4.17. The van der Waals surface area contributed by atoms with E-state index in [9.17, 15) is 14.4 Å². The third-order valence-corrected chi connectivity index (χ3v) is 5.84. The number of hydrogen-bond donors (Lipinski definition) is 3. The zero-order chi connectivity index (χ0) is 24.6. The highest BCUT2D eigenvalue weighted by molar-refractivity contribution is 5.94. The first-order valence-electron chi connectivity index (χ1n) is 11.8. The van der Waals surface area contributed by atoms with Crippen LogP contribution in [0.4, 0.5) is 4.79 Å². The van der Waals surface area contributed by atoms with Crippen LogP contribution < -0.4 is 16.0 Å². The molecule has 1 fully saturated rings. The molecule has 3 rings (SSSR count). The first kappa shape index (κ1) is 25.3. The molecule has 1 aliphatic rings. The molecule has 1 aliphatic carbocycles. The second kappa shape index (κ2) is 11.2. The van der Waals surface area contributed by atoms with Crippen LogP contribution in [0.5, 0.6) is 0 Å². The van der Waals surface area contributed by atoms with Crippen molar-refractivity contribution in [2.75, 3.05) is 0 Å². The third kappa shape index (κ3) is 7.33. The van der Waals surface area contributed by atoms with E-state index >= 15 is 0 Å². The largest absolute Gasteiger partial charge is 0.444 e. The minimum absolute atomic E-state index is 0.196. The van der Waals surface area contributed by atoms with Crippen LogP contribution in [-0.4, -0.2) is 35.1 Å². The third-order valence-electron chi connectivity index (χ3n) is 5.84. The summed E-state index contributed by atoms with van der Waals surface area (Å²) in [5.41, 5.74) is 0.203. The molecule has 0 spiro atoms. The van der Waals surface area contributed by atoms with Crippen molar-refractivity contribution in [3.05, 3.63) is 71.8 Å². The summed E-state index contributed by atoms with van der Waals surface area (Å²) in [6, 6.07) is 18.2. The van der Waals surface area contributed by atoms with Gasteiger partial charge < -0.3 is 20.7 Å². The van der Waals surface area contributed by atoms with Gasteiger partial charge in [-0.3, -0.25) is 9.59 Å². The number of rotatable bonds is 8. The van der Waals surface area contributed by atoms with Crippen LogP contribution >= 0.6 is 0 Å². The van der Waals surface area contributed by atoms with Gasteiger partial charge in [-0.2, -0.15) is 0 Å². The Morgan fingerprint density at radius 3 is 2.03 bits per heavy atom. The Morgan fingerprint density at radius 2 is 1.47 bits per heavy atom. The maximum Gasteiger partial charge on any atom is 0.408 e. The van der Waals surface area contributed by atoms with Crippen LogP contribution in [0.1, 0.15) is 57.6 Å². The van der Waals surface area contributed by atoms with Crippen molar-refractivity contribution in [1.82, 2.24) is 16.0 Å². The molecule has 182 valence electrons. The number of carbonyl (C=O) groups is 3. The molecule has 1 atom stereocenters. The Hall–Kier alpha value is -3.35. The first-order chi connectivity index (χ1) is 16.2. The minimum Gasteiger partial charge on any atom is -0.444 e. The van der Waals surface area contributed by atoms with Gasteiger partial charge in [0.25, 0.3) is 0 Å². The van der Waals surface area contributed by atoms with E-state index in [1.54, 1.807) is 20.8 Å². The molecule has 3 amide bonds. The fraction of sp³-hybridized carbons (Fsp3) is 0.444. The summed E-state index contributed by atoms with van der Waals surface area (Å²) >= 11 is 0. The summed E-state index contributed by atoms with van der Waals surface area (Å²) < 4.78 is 5.38. The smallest absolute Gasteiger partial charge is 0.408 e. The number of alkyl carbamates (subject to hydrolysis) is 1. The van der Waals surface area contributed by atoms with E-state index in [0.717, 1.165) is 24.0 Å². The maximum absolute atomic E-state index is 13.4. The number of carbonyl (C=O) groups excluding carboxylic acids is 3. The normalized spacial score (nSPS) is 15.7. The number of hydrogen-bond acceptors (Lipinski definition) is 4. The van der Waals surface area contributed by atoms with Crippen LogP contribution in [-0.2, 0) is 27.3 Å². The SMILES string of the molecule is CC(C)(C)OC(=O)N[C@@H](Cc1ccccc1)C(=O)NC1(C(=O)NCc2ccccc2)CCCC1. The van der Waals surface area contributed by atoms with Crippen LogP contribution in [0.25, 0.3) is 0 Å². The van der Waals surface area contributed by atoms with Gasteiger partial charge in [0.1, 0.15) is 17.2 Å². The lowest BCUT2D eigenvalue weighted by atomic mass is 9.94. The van der Waals surface area contributed by atoms with Crippen molar-refractivity contribution in [3.63, 3.8) is 0 Å². The zero-order valence-electron chi connectivity index (χ0n) is 20.2. The quantitative estimate of drug-likeness (QED) is 0.551. The molecule has 7 nitrogen and oxygen atoms in total. The van der Waals surface area contributed by atoms with Gasteiger partial charge in [0, 0.05) is 13.0 Å². The number of amides is 3. The van der Waals surface area contributed by atoms with E-state index < -0.39 is 29.2 Å². The van der Waals surface area contributed by atoms with Crippen LogP contribution in [0, 0.1) is 0 Å². The molecule has 0 saturated heterocycles. The molecular weight excluding hydrogens is 430 g/mol. The molecule has 0 aliphatic heterocycles. The van der Waals surface area contributed by atoms with Gasteiger partial charge in [0.05, 0.1) is 0 Å². The Kier molecular flexibility index (Phi) is 8.31. The molecule has 2 aromatic rings. The molecule has 0 heterocycles. The Balaban J connectivity index is 1.73. The van der Waals surface area contributed by atoms with E-state index in [2.05, 4.69) is 16.0 Å². The van der Waals surface area contributed by atoms with Crippen LogP contribution in [0.2, 0.25) is 0 Å². The highest BCUT2D eigenvalue weighted by atomic mass is 16.6. The molecule has 0 radical (unpaired) electrons. The van der Waals surface area contributed by atoms with Crippen molar-refractivity contribution >= 4 is 17.9 Å². The van der Waals surface area contributed by atoms with Crippen molar-refractivity contribution in [2.24, 2.45) is 0 Å². The van der Waals surface area contributed by atoms with Gasteiger partial charge >= 0.3 is 6.09 Å². The summed E-state index contributed by atoms with van der Waals surface area (Å²) in [6.07, 6.45) is 2.43. The highest BCUT2D eigenvalue weighted by Gasteiger charge is 2.43. The zero-order valence-corrected chi connectivity index (χ0v) is 20.2. The average molecular weight is 466 g/mol. The van der Waals surface area contributed by atoms with Gasteiger partial charge in [0.15, 0.2) is 0 Å². The molecule has 0 unspecified atom stereocenters. The lowest BCUT2D eigenvalue weighted by molar-refractivity contribution is -0.134. The lowest BCUT2D eigenvalue weighted by Crippen LogP contribution is -2.61. The number of ether oxygens (including phenoxy) is 1. The average Bonchev–Trinajstić information content (AvgIpc) is 3.27. The first-order valence-corrected chi connectivity index (χ1v) is 11.8. The summed E-state index contributed by atoms with van der Waals surface area (Å²) in [4.78, 5) is 39.1. The second-order valence-corrected chi connectivity index (χ2v) is 9.84. The predicted molar refractivity (Wildman–Crippen MR) is 131 cm³/mol. The molecule has 1 saturated carbocycles. The van der Waals surface area contributed by atoms with Crippen molar-refractivity contribution in [1.29, 1.82) is 0 Å². The molecular formula is C27H35N3O4. The fourth-order valence-electron chi connectivity index (χ4n) is 4.17. The van der Waals surface area contributed by atoms with Gasteiger partial charge in [-0.1, -0.05) is 73.5 Å². The number of benzene rings is 2. The van der Waals surface area contributed by atoms with Gasteiger partial charge in [-0.15, -0.1) is 0 Å². The van der Waals surface area contributed by atoms with Gasteiger partial charge in [-0.25, -0.2) is 4.79 Å². The molecule has 3 N–H and O–H groups in total. The summed E-state index contributed by atoms with van der Waals surface area (Å²) in [6.45, 7) is 5.69. The lowest BCUT2D eigenvalue weighted by Gasteiger charge is -2.31. The standard InChI is InChI=1S/C27H35N3O4/c1-26(2,3)34-25(33)29-22(18-20-12-6-4-7-13-20)23(31)30-27(16-10-11-17-27)24(32)28-19-21-14-8-5-9-15-21/h4-9,12-15,22H,10-11,16-19H2,1-3H3,(H,28,32)(H,29,33)(H,30,31)/t22-/m0/s1. The molecule has 34 heavy (non-hydrogen) atoms. The Morgan fingerprint density at radius 1 is 0.912 bits per heavy atom. The topological polar surface area (TPSA) is 96.5 Å². The molecule has 7 heteroatoms. The van der Waals surface area contributed by atoms with Crippen molar-refractivity contribution < 1.29 is 19.1 Å². The predicted octanol–water partition coefficient (Wildman–Crippen LogP) is 3.87.